The van der Waals surface area contributed by atoms with E-state index in [2.05, 4.69) is 17.9 Å². The molecule has 0 aromatic heterocycles. The summed E-state index contributed by atoms with van der Waals surface area (Å²) in [6.07, 6.45) is 5.86. The van der Waals surface area contributed by atoms with Crippen molar-refractivity contribution in [1.82, 2.24) is 4.90 Å². The van der Waals surface area contributed by atoms with Crippen LogP contribution in [0.1, 0.15) is 13.8 Å². The summed E-state index contributed by atoms with van der Waals surface area (Å²) in [6, 6.07) is 0. The molecule has 1 heterocycles. The number of likely N-dealkylation sites (N-methyl/N-ethyl adjacent to an activating group) is 1. The van der Waals surface area contributed by atoms with Gasteiger partial charge in [-0.2, -0.15) is 0 Å². The summed E-state index contributed by atoms with van der Waals surface area (Å²) >= 11 is 0. The molecule has 2 heteroatoms. The van der Waals surface area contributed by atoms with Gasteiger partial charge in [0.05, 0.1) is 5.70 Å². The smallest absolute Gasteiger partial charge is 0.175 e. The van der Waals surface area contributed by atoms with E-state index in [1.54, 1.807) is 6.92 Å². The summed E-state index contributed by atoms with van der Waals surface area (Å²) in [5, 5.41) is 0. The van der Waals surface area contributed by atoms with Crippen molar-refractivity contribution in [2.75, 3.05) is 13.1 Å². The normalized spacial score (nSPS) is 16.5. The van der Waals surface area contributed by atoms with Crippen LogP contribution in [0.3, 0.4) is 0 Å². The molecule has 0 saturated carbocycles. The Balaban J connectivity index is 2.78. The average molecular weight is 151 g/mol. The topological polar surface area (TPSA) is 20.3 Å². The lowest BCUT2D eigenvalue weighted by Crippen LogP contribution is -2.28. The number of Topliss-reactive ketones (excluding diaryl/α,β-unsaturated/α-hetero) is 1. The summed E-state index contributed by atoms with van der Waals surface area (Å²) in [5.74, 6) is 0.149. The number of hydrogen-bond donors (Lipinski definition) is 0. The summed E-state index contributed by atoms with van der Waals surface area (Å²) in [5.41, 5.74) is 0.829. The molecule has 0 unspecified atom stereocenters. The second-order valence-corrected chi connectivity index (χ2v) is 2.57. The first kappa shape index (κ1) is 8.05. The van der Waals surface area contributed by atoms with Crippen LogP contribution in [0.5, 0.6) is 0 Å². The van der Waals surface area contributed by atoms with Crippen molar-refractivity contribution in [2.45, 2.75) is 13.8 Å². The SMILES string of the molecule is CCN1CC=CC=C1C(C)=O. The zero-order valence-electron chi connectivity index (χ0n) is 7.00. The highest BCUT2D eigenvalue weighted by Gasteiger charge is 2.11. The first-order valence-electron chi connectivity index (χ1n) is 3.88. The molecule has 60 valence electrons. The van der Waals surface area contributed by atoms with Gasteiger partial charge in [0, 0.05) is 20.0 Å². The van der Waals surface area contributed by atoms with E-state index in [1.165, 1.54) is 0 Å². The van der Waals surface area contributed by atoms with Crippen molar-refractivity contribution < 1.29 is 4.79 Å². The average Bonchev–Trinajstić information content (AvgIpc) is 2.04. The van der Waals surface area contributed by atoms with Gasteiger partial charge in [-0.3, -0.25) is 4.79 Å². The third-order valence-electron chi connectivity index (χ3n) is 1.80. The van der Waals surface area contributed by atoms with Gasteiger partial charge in [-0.1, -0.05) is 12.2 Å². The highest BCUT2D eigenvalue weighted by molar-refractivity contribution is 5.93. The molecule has 0 saturated heterocycles. The molecule has 0 aromatic rings. The zero-order valence-corrected chi connectivity index (χ0v) is 7.00. The minimum absolute atomic E-state index is 0.149. The molecule has 0 aliphatic carbocycles. The number of nitrogens with zero attached hydrogens (tertiary/aromatic N) is 1. The minimum atomic E-state index is 0.149. The molecule has 0 fully saturated rings. The fraction of sp³-hybridized carbons (Fsp3) is 0.444. The fourth-order valence-electron chi connectivity index (χ4n) is 1.19. The van der Waals surface area contributed by atoms with Gasteiger partial charge in [-0.25, -0.2) is 0 Å². The number of ketones is 1. The minimum Gasteiger partial charge on any atom is -0.365 e. The van der Waals surface area contributed by atoms with E-state index in [1.807, 2.05) is 12.2 Å². The second kappa shape index (κ2) is 3.37. The van der Waals surface area contributed by atoms with Gasteiger partial charge in [0.2, 0.25) is 0 Å². The van der Waals surface area contributed by atoms with Gasteiger partial charge in [-0.05, 0) is 13.0 Å². The Hall–Kier alpha value is -1.05. The van der Waals surface area contributed by atoms with E-state index in [4.69, 9.17) is 0 Å². The first-order valence-corrected chi connectivity index (χ1v) is 3.88. The number of rotatable bonds is 2. The quantitative estimate of drug-likeness (QED) is 0.593. The maximum atomic E-state index is 11.0. The van der Waals surface area contributed by atoms with Crippen LogP contribution in [-0.4, -0.2) is 23.8 Å². The molecule has 1 aliphatic heterocycles. The lowest BCUT2D eigenvalue weighted by atomic mass is 10.2. The summed E-state index contributed by atoms with van der Waals surface area (Å²) in [4.78, 5) is 13.1. The summed E-state index contributed by atoms with van der Waals surface area (Å²) in [7, 11) is 0. The highest BCUT2D eigenvalue weighted by Crippen LogP contribution is 2.09. The summed E-state index contributed by atoms with van der Waals surface area (Å²) < 4.78 is 0. The van der Waals surface area contributed by atoms with Gasteiger partial charge in [0.1, 0.15) is 0 Å². The van der Waals surface area contributed by atoms with Crippen LogP contribution in [0.4, 0.5) is 0 Å². The van der Waals surface area contributed by atoms with Crippen LogP contribution in [0.15, 0.2) is 23.9 Å². The van der Waals surface area contributed by atoms with E-state index in [0.29, 0.717) is 0 Å². The number of carbonyl (C=O) groups is 1. The van der Waals surface area contributed by atoms with E-state index in [9.17, 15) is 4.79 Å². The third-order valence-corrected chi connectivity index (χ3v) is 1.80. The largest absolute Gasteiger partial charge is 0.365 e. The molecule has 0 spiro atoms. The standard InChI is InChI=1S/C9H13NO/c1-3-10-7-5-4-6-9(10)8(2)11/h4-6H,3,7H2,1-2H3. The molecule has 1 rings (SSSR count). The molecule has 0 radical (unpaired) electrons. The number of carbonyl (C=O) groups excluding carboxylic acids is 1. The number of allylic oxidation sites excluding steroid dienone is 3. The van der Waals surface area contributed by atoms with Gasteiger partial charge >= 0.3 is 0 Å². The molecule has 0 N–H and O–H groups in total. The van der Waals surface area contributed by atoms with E-state index < -0.39 is 0 Å². The second-order valence-electron chi connectivity index (χ2n) is 2.57. The molecule has 11 heavy (non-hydrogen) atoms. The van der Waals surface area contributed by atoms with Gasteiger partial charge in [-0.15, -0.1) is 0 Å². The molecule has 2 nitrogen and oxygen atoms in total. The Kier molecular flexibility index (Phi) is 2.47. The lowest BCUT2D eigenvalue weighted by molar-refractivity contribution is -0.115. The van der Waals surface area contributed by atoms with Crippen LogP contribution in [-0.2, 0) is 4.79 Å². The van der Waals surface area contributed by atoms with Crippen molar-refractivity contribution in [3.63, 3.8) is 0 Å². The van der Waals surface area contributed by atoms with Crippen LogP contribution in [0.25, 0.3) is 0 Å². The monoisotopic (exact) mass is 151 g/mol. The molecular formula is C9H13NO. The Morgan fingerprint density at radius 2 is 2.45 bits per heavy atom. The Labute approximate surface area is 67.2 Å². The Morgan fingerprint density at radius 1 is 1.73 bits per heavy atom. The lowest BCUT2D eigenvalue weighted by Gasteiger charge is -2.24. The van der Waals surface area contributed by atoms with Gasteiger partial charge in [0.25, 0.3) is 0 Å². The van der Waals surface area contributed by atoms with Crippen LogP contribution >= 0.6 is 0 Å². The molecule has 0 atom stereocenters. The van der Waals surface area contributed by atoms with E-state index in [-0.39, 0.29) is 5.78 Å². The number of hydrogen-bond acceptors (Lipinski definition) is 2. The predicted molar refractivity (Wildman–Crippen MR) is 45.2 cm³/mol. The van der Waals surface area contributed by atoms with Crippen LogP contribution in [0.2, 0.25) is 0 Å². The van der Waals surface area contributed by atoms with Crippen molar-refractivity contribution in [2.24, 2.45) is 0 Å². The van der Waals surface area contributed by atoms with Gasteiger partial charge < -0.3 is 4.90 Å². The van der Waals surface area contributed by atoms with Gasteiger partial charge in [0.15, 0.2) is 5.78 Å². The molecule has 0 aromatic carbocycles. The Bertz CT molecular complexity index is 216. The molecule has 0 bridgehead atoms. The van der Waals surface area contributed by atoms with Crippen LogP contribution in [0, 0.1) is 0 Å². The van der Waals surface area contributed by atoms with Crippen molar-refractivity contribution in [3.05, 3.63) is 23.9 Å². The molecular weight excluding hydrogens is 138 g/mol. The Morgan fingerprint density at radius 3 is 2.91 bits per heavy atom. The van der Waals surface area contributed by atoms with E-state index in [0.717, 1.165) is 18.8 Å². The van der Waals surface area contributed by atoms with Crippen molar-refractivity contribution in [1.29, 1.82) is 0 Å². The maximum Gasteiger partial charge on any atom is 0.175 e. The highest BCUT2D eigenvalue weighted by atomic mass is 16.1. The third kappa shape index (κ3) is 1.70. The first-order chi connectivity index (χ1) is 5.25. The molecule has 1 aliphatic rings. The van der Waals surface area contributed by atoms with Crippen molar-refractivity contribution in [3.8, 4) is 0 Å². The molecule has 0 amide bonds. The van der Waals surface area contributed by atoms with Crippen molar-refractivity contribution >= 4 is 5.78 Å². The summed E-state index contributed by atoms with van der Waals surface area (Å²) in [6.45, 7) is 5.42. The fourth-order valence-corrected chi connectivity index (χ4v) is 1.19. The predicted octanol–water partition coefficient (Wildman–Crippen LogP) is 1.35. The van der Waals surface area contributed by atoms with Crippen LogP contribution < -0.4 is 0 Å². The van der Waals surface area contributed by atoms with E-state index >= 15 is 0 Å². The maximum absolute atomic E-state index is 11.0. The zero-order chi connectivity index (χ0) is 8.27.